The highest BCUT2D eigenvalue weighted by molar-refractivity contribution is 7.99. The second-order valence-electron chi connectivity index (χ2n) is 5.66. The highest BCUT2D eigenvalue weighted by Crippen LogP contribution is 2.36. The van der Waals surface area contributed by atoms with Crippen molar-refractivity contribution >= 4 is 11.8 Å². The third-order valence-electron chi connectivity index (χ3n) is 3.92. The first-order chi connectivity index (χ1) is 9.76. The number of hydrogen-bond acceptors (Lipinski definition) is 3. The van der Waals surface area contributed by atoms with Crippen molar-refractivity contribution in [3.05, 3.63) is 24.3 Å². The monoisotopic (exact) mass is 293 g/mol. The second-order valence-corrected chi connectivity index (χ2v) is 6.72. The Morgan fingerprint density at radius 1 is 1.30 bits per heavy atom. The van der Waals surface area contributed by atoms with Crippen LogP contribution >= 0.6 is 11.8 Å². The molecule has 1 aliphatic rings. The summed E-state index contributed by atoms with van der Waals surface area (Å²) in [4.78, 5) is 1.28. The van der Waals surface area contributed by atoms with Crippen molar-refractivity contribution in [2.75, 3.05) is 12.3 Å². The first kappa shape index (κ1) is 15.7. The van der Waals surface area contributed by atoms with E-state index in [1.165, 1.54) is 24.2 Å². The summed E-state index contributed by atoms with van der Waals surface area (Å²) in [6.45, 7) is 7.91. The maximum absolute atomic E-state index is 6.28. The first-order valence-corrected chi connectivity index (χ1v) is 8.86. The van der Waals surface area contributed by atoms with E-state index in [-0.39, 0.29) is 6.10 Å². The molecule has 0 saturated carbocycles. The lowest BCUT2D eigenvalue weighted by atomic mass is 9.93. The van der Waals surface area contributed by atoms with Gasteiger partial charge >= 0.3 is 0 Å². The summed E-state index contributed by atoms with van der Waals surface area (Å²) in [7, 11) is 0. The largest absolute Gasteiger partial charge is 0.487 e. The minimum atomic E-state index is 0.281. The molecule has 1 aromatic carbocycles. The molecule has 1 aromatic rings. The minimum Gasteiger partial charge on any atom is -0.487 e. The lowest BCUT2D eigenvalue weighted by Crippen LogP contribution is -2.49. The molecule has 2 rings (SSSR count). The molecule has 112 valence electrons. The lowest BCUT2D eigenvalue weighted by molar-refractivity contribution is 0.133. The Labute approximate surface area is 127 Å². The minimum absolute atomic E-state index is 0.281. The summed E-state index contributed by atoms with van der Waals surface area (Å²) in [5, 5.41) is 3.72. The van der Waals surface area contributed by atoms with Gasteiger partial charge in [0.15, 0.2) is 0 Å². The molecule has 2 nitrogen and oxygen atoms in total. The smallest absolute Gasteiger partial charge is 0.133 e. The van der Waals surface area contributed by atoms with Crippen LogP contribution in [0.2, 0.25) is 0 Å². The Hall–Kier alpha value is -0.670. The molecule has 20 heavy (non-hydrogen) atoms. The van der Waals surface area contributed by atoms with Crippen LogP contribution in [0.5, 0.6) is 5.75 Å². The number of rotatable bonds is 7. The predicted molar refractivity (Wildman–Crippen MR) is 87.7 cm³/mol. The van der Waals surface area contributed by atoms with Crippen molar-refractivity contribution in [2.45, 2.75) is 57.1 Å². The van der Waals surface area contributed by atoms with E-state index in [1.807, 2.05) is 11.8 Å². The Morgan fingerprint density at radius 2 is 2.10 bits per heavy atom. The van der Waals surface area contributed by atoms with Crippen LogP contribution in [0.1, 0.15) is 40.0 Å². The van der Waals surface area contributed by atoms with Gasteiger partial charge in [-0.05, 0) is 37.4 Å². The highest BCUT2D eigenvalue weighted by atomic mass is 32.2. The average Bonchev–Trinajstić information content (AvgIpc) is 2.48. The number of hydrogen-bond donors (Lipinski definition) is 1. The molecule has 3 atom stereocenters. The second kappa shape index (κ2) is 7.94. The molecule has 0 bridgehead atoms. The quantitative estimate of drug-likeness (QED) is 0.808. The van der Waals surface area contributed by atoms with Crippen molar-refractivity contribution in [3.63, 3.8) is 0 Å². The standard InChI is InChI=1S/C17H27NOS/c1-4-8-13(3)17(18-11-5-2)15-12-20-16-10-7-6-9-14(16)19-15/h6-7,9-10,13,15,17-18H,4-5,8,11-12H2,1-3H3. The molecule has 0 amide bonds. The van der Waals surface area contributed by atoms with Gasteiger partial charge in [-0.3, -0.25) is 0 Å². The summed E-state index contributed by atoms with van der Waals surface area (Å²) in [5.74, 6) is 2.76. The Balaban J connectivity index is 2.06. The third-order valence-corrected chi connectivity index (χ3v) is 5.06. The number of thioether (sulfide) groups is 1. The van der Waals surface area contributed by atoms with Gasteiger partial charge in [0.2, 0.25) is 0 Å². The molecule has 3 heteroatoms. The molecule has 0 spiro atoms. The fourth-order valence-corrected chi connectivity index (χ4v) is 3.91. The number of benzene rings is 1. The van der Waals surface area contributed by atoms with E-state index in [0.717, 1.165) is 18.0 Å². The first-order valence-electron chi connectivity index (χ1n) is 7.88. The molecule has 0 saturated heterocycles. The number of fused-ring (bicyclic) bond motifs is 1. The maximum atomic E-state index is 6.28. The van der Waals surface area contributed by atoms with Crippen molar-refractivity contribution in [1.82, 2.24) is 5.32 Å². The number of ether oxygens (including phenoxy) is 1. The molecule has 1 aliphatic heterocycles. The van der Waals surface area contributed by atoms with Gasteiger partial charge in [0, 0.05) is 16.7 Å². The molecular formula is C17H27NOS. The van der Waals surface area contributed by atoms with Crippen LogP contribution in [0, 0.1) is 5.92 Å². The van der Waals surface area contributed by atoms with E-state index in [4.69, 9.17) is 4.74 Å². The van der Waals surface area contributed by atoms with Crippen molar-refractivity contribution < 1.29 is 4.74 Å². The Kier molecular flexibility index (Phi) is 6.24. The predicted octanol–water partition coefficient (Wildman–Crippen LogP) is 4.34. The van der Waals surface area contributed by atoms with E-state index >= 15 is 0 Å². The molecule has 0 fully saturated rings. The zero-order chi connectivity index (χ0) is 14.4. The Bertz CT molecular complexity index is 410. The summed E-state index contributed by atoms with van der Waals surface area (Å²) >= 11 is 1.93. The van der Waals surface area contributed by atoms with Crippen molar-refractivity contribution in [1.29, 1.82) is 0 Å². The van der Waals surface area contributed by atoms with Gasteiger partial charge in [-0.1, -0.05) is 39.3 Å². The van der Waals surface area contributed by atoms with Crippen LogP contribution < -0.4 is 10.1 Å². The van der Waals surface area contributed by atoms with Gasteiger partial charge in [-0.2, -0.15) is 0 Å². The number of nitrogens with one attached hydrogen (secondary N) is 1. The highest BCUT2D eigenvalue weighted by Gasteiger charge is 2.31. The van der Waals surface area contributed by atoms with Crippen LogP contribution in [-0.4, -0.2) is 24.4 Å². The summed E-state index contributed by atoms with van der Waals surface area (Å²) in [6, 6.07) is 8.85. The molecule has 0 aromatic heterocycles. The molecule has 1 heterocycles. The van der Waals surface area contributed by atoms with E-state index in [1.54, 1.807) is 0 Å². The average molecular weight is 293 g/mol. The molecule has 1 N–H and O–H groups in total. The van der Waals surface area contributed by atoms with Gasteiger partial charge in [0.1, 0.15) is 11.9 Å². The van der Waals surface area contributed by atoms with Crippen LogP contribution in [0.25, 0.3) is 0 Å². The molecular weight excluding hydrogens is 266 g/mol. The van der Waals surface area contributed by atoms with E-state index in [9.17, 15) is 0 Å². The SMILES string of the molecule is CCCNC(C(C)CCC)C1CSc2ccccc2O1. The summed E-state index contributed by atoms with van der Waals surface area (Å²) in [6.07, 6.45) is 3.95. The van der Waals surface area contributed by atoms with E-state index < -0.39 is 0 Å². The summed E-state index contributed by atoms with van der Waals surface area (Å²) < 4.78 is 6.28. The van der Waals surface area contributed by atoms with Crippen molar-refractivity contribution in [2.24, 2.45) is 5.92 Å². The fourth-order valence-electron chi connectivity index (χ4n) is 2.86. The van der Waals surface area contributed by atoms with Crippen LogP contribution in [0.4, 0.5) is 0 Å². The lowest BCUT2D eigenvalue weighted by Gasteiger charge is -2.35. The third kappa shape index (κ3) is 3.92. The molecule has 0 aliphatic carbocycles. The number of para-hydroxylation sites is 1. The van der Waals surface area contributed by atoms with E-state index in [0.29, 0.717) is 12.0 Å². The van der Waals surface area contributed by atoms with Crippen LogP contribution in [-0.2, 0) is 0 Å². The topological polar surface area (TPSA) is 21.3 Å². The zero-order valence-electron chi connectivity index (χ0n) is 12.9. The van der Waals surface area contributed by atoms with Gasteiger partial charge < -0.3 is 10.1 Å². The maximum Gasteiger partial charge on any atom is 0.133 e. The van der Waals surface area contributed by atoms with Gasteiger partial charge in [-0.25, -0.2) is 0 Å². The molecule has 0 radical (unpaired) electrons. The van der Waals surface area contributed by atoms with E-state index in [2.05, 4.69) is 50.4 Å². The van der Waals surface area contributed by atoms with Crippen molar-refractivity contribution in [3.8, 4) is 5.75 Å². The van der Waals surface area contributed by atoms with Gasteiger partial charge in [-0.15, -0.1) is 11.8 Å². The fraction of sp³-hybridized carbons (Fsp3) is 0.647. The van der Waals surface area contributed by atoms with Crippen LogP contribution in [0.3, 0.4) is 0 Å². The summed E-state index contributed by atoms with van der Waals surface area (Å²) in [5.41, 5.74) is 0. The van der Waals surface area contributed by atoms with Gasteiger partial charge in [0.25, 0.3) is 0 Å². The normalized spacial score (nSPS) is 20.9. The van der Waals surface area contributed by atoms with Crippen LogP contribution in [0.15, 0.2) is 29.2 Å². The Morgan fingerprint density at radius 3 is 2.85 bits per heavy atom. The van der Waals surface area contributed by atoms with Gasteiger partial charge in [0.05, 0.1) is 0 Å². The zero-order valence-corrected chi connectivity index (χ0v) is 13.7. The molecule has 3 unspecified atom stereocenters.